The van der Waals surface area contributed by atoms with Crippen LogP contribution in [0, 0.1) is 0 Å². The van der Waals surface area contributed by atoms with Crippen LogP contribution in [0.4, 0.5) is 11.4 Å². The summed E-state index contributed by atoms with van der Waals surface area (Å²) >= 11 is 6.70. The van der Waals surface area contributed by atoms with Gasteiger partial charge in [-0.05, 0) is 97.5 Å². The number of amides is 2. The van der Waals surface area contributed by atoms with Gasteiger partial charge in [0.2, 0.25) is 0 Å². The molecule has 0 bridgehead atoms. The molecule has 0 unspecified atom stereocenters. The van der Waals surface area contributed by atoms with Gasteiger partial charge in [0.25, 0.3) is 11.8 Å². The number of phenols is 1. The first-order valence-corrected chi connectivity index (χ1v) is 18.1. The molecule has 2 aromatic heterocycles. The molecule has 8 rings (SSSR count). The van der Waals surface area contributed by atoms with Gasteiger partial charge in [-0.2, -0.15) is 0 Å². The van der Waals surface area contributed by atoms with Gasteiger partial charge in [0, 0.05) is 78.2 Å². The molecular weight excluding hydrogens is 733 g/mol. The number of nitrogens with zero attached hydrogens (tertiary/aromatic N) is 5. The molecule has 0 spiro atoms. The minimum Gasteiger partial charge on any atom is -0.508 e. The van der Waals surface area contributed by atoms with Crippen LogP contribution >= 0.6 is 36.4 Å². The Labute approximate surface area is 327 Å². The number of carbonyl (C=O) groups excluding carboxylic acids is 2. The van der Waals surface area contributed by atoms with Crippen molar-refractivity contribution >= 4 is 59.6 Å². The number of fused-ring (bicyclic) bond motifs is 2. The van der Waals surface area contributed by atoms with Crippen LogP contribution in [0.25, 0.3) is 11.3 Å². The van der Waals surface area contributed by atoms with Gasteiger partial charge in [0.1, 0.15) is 5.75 Å². The third kappa shape index (κ3) is 7.81. The SMILES string of the molecule is Cl.Cl.O=C(c1cc(-c2cc(Cl)ccc2C(=O)N2Cc3ccccc3C[C@H]2CN2CCOCC2)n2c1CCCC2)N(c1ccc(O)cc1)c1cccnc1. The number of morpholine rings is 1. The van der Waals surface area contributed by atoms with Gasteiger partial charge in [-0.25, -0.2) is 0 Å². The lowest BCUT2D eigenvalue weighted by Crippen LogP contribution is -2.52. The zero-order valence-corrected chi connectivity index (χ0v) is 31.6. The number of halogens is 3. The van der Waals surface area contributed by atoms with Gasteiger partial charge in [-0.3, -0.25) is 24.4 Å². The molecule has 3 aliphatic rings. The number of benzene rings is 3. The summed E-state index contributed by atoms with van der Waals surface area (Å²) in [6.45, 7) is 5.11. The van der Waals surface area contributed by atoms with Gasteiger partial charge < -0.3 is 19.3 Å². The molecule has 276 valence electrons. The minimum atomic E-state index is -0.210. The predicted molar refractivity (Wildman–Crippen MR) is 212 cm³/mol. The molecule has 5 aromatic rings. The van der Waals surface area contributed by atoms with Gasteiger partial charge in [0.15, 0.2) is 0 Å². The summed E-state index contributed by atoms with van der Waals surface area (Å²) in [5.41, 5.74) is 7.26. The maximum atomic E-state index is 14.9. The number of phenolic OH excluding ortho intramolecular Hbond substituents is 1. The van der Waals surface area contributed by atoms with Crippen molar-refractivity contribution < 1.29 is 19.4 Å². The van der Waals surface area contributed by atoms with Crippen LogP contribution in [-0.4, -0.2) is 75.2 Å². The second-order valence-electron chi connectivity index (χ2n) is 13.5. The maximum absolute atomic E-state index is 14.9. The summed E-state index contributed by atoms with van der Waals surface area (Å²) in [5, 5.41) is 10.5. The van der Waals surface area contributed by atoms with Crippen LogP contribution in [-0.2, 0) is 30.7 Å². The second-order valence-corrected chi connectivity index (χ2v) is 14.0. The Morgan fingerprint density at radius 3 is 2.40 bits per heavy atom. The molecule has 0 saturated carbocycles. The number of pyridine rings is 1. The molecule has 1 fully saturated rings. The maximum Gasteiger partial charge on any atom is 0.264 e. The summed E-state index contributed by atoms with van der Waals surface area (Å²) in [4.78, 5) is 40.0. The molecule has 0 aliphatic carbocycles. The van der Waals surface area contributed by atoms with Crippen molar-refractivity contribution in [1.29, 1.82) is 0 Å². The molecule has 1 saturated heterocycles. The number of hydrogen-bond donors (Lipinski definition) is 1. The average molecular weight is 775 g/mol. The normalized spacial score (nSPS) is 16.8. The fourth-order valence-corrected chi connectivity index (χ4v) is 7.99. The van der Waals surface area contributed by atoms with E-state index in [0.29, 0.717) is 47.3 Å². The van der Waals surface area contributed by atoms with Crippen LogP contribution in [0.2, 0.25) is 5.02 Å². The lowest BCUT2D eigenvalue weighted by Gasteiger charge is -2.40. The zero-order chi connectivity index (χ0) is 34.9. The molecule has 3 aromatic carbocycles. The zero-order valence-electron chi connectivity index (χ0n) is 29.2. The van der Waals surface area contributed by atoms with Gasteiger partial charge >= 0.3 is 0 Å². The van der Waals surface area contributed by atoms with E-state index < -0.39 is 0 Å². The number of carbonyl (C=O) groups is 2. The summed E-state index contributed by atoms with van der Waals surface area (Å²) in [6, 6.07) is 26.1. The summed E-state index contributed by atoms with van der Waals surface area (Å²) in [5.74, 6) is -0.142. The van der Waals surface area contributed by atoms with Crippen LogP contribution < -0.4 is 4.90 Å². The van der Waals surface area contributed by atoms with Gasteiger partial charge in [0.05, 0.1) is 30.7 Å². The van der Waals surface area contributed by atoms with E-state index in [-0.39, 0.29) is 48.4 Å². The largest absolute Gasteiger partial charge is 0.508 e. The van der Waals surface area contributed by atoms with Crippen molar-refractivity contribution in [3.05, 3.63) is 130 Å². The van der Waals surface area contributed by atoms with E-state index in [9.17, 15) is 14.7 Å². The Morgan fingerprint density at radius 1 is 0.868 bits per heavy atom. The van der Waals surface area contributed by atoms with E-state index in [4.69, 9.17) is 16.3 Å². The topological polar surface area (TPSA) is 91.1 Å². The first-order chi connectivity index (χ1) is 24.9. The van der Waals surface area contributed by atoms with Crippen LogP contribution in [0.5, 0.6) is 5.75 Å². The fraction of sp³-hybridized carbons (Fsp3) is 0.293. The van der Waals surface area contributed by atoms with E-state index in [0.717, 1.165) is 74.4 Å². The lowest BCUT2D eigenvalue weighted by molar-refractivity contribution is 0.0193. The molecule has 53 heavy (non-hydrogen) atoms. The third-order valence-electron chi connectivity index (χ3n) is 10.4. The number of aromatic hydroxyl groups is 1. The standard InChI is InChI=1S/C41H40ClN5O4.2ClH/c42-30-10-15-35(40(49)46-26-29-7-2-1-6-28(29)22-33(46)27-44-18-20-51-21-19-44)36(23-30)39-24-37(38-9-3-4-17-45(38)39)41(50)47(32-8-5-16-43-25-32)31-11-13-34(48)14-12-31;;/h1-2,5-8,10-16,23-25,33,48H,3-4,9,17-22,26-27H2;2*1H/t33-;;/m0../s1. The van der Waals surface area contributed by atoms with E-state index in [2.05, 4.69) is 32.7 Å². The quantitative estimate of drug-likeness (QED) is 0.181. The number of hydrogen-bond acceptors (Lipinski definition) is 6. The van der Waals surface area contributed by atoms with Gasteiger partial charge in [-0.15, -0.1) is 24.8 Å². The third-order valence-corrected chi connectivity index (χ3v) is 10.6. The summed E-state index contributed by atoms with van der Waals surface area (Å²) in [7, 11) is 0. The van der Waals surface area contributed by atoms with Crippen molar-refractivity contribution in [3.8, 4) is 17.0 Å². The highest BCUT2D eigenvalue weighted by atomic mass is 35.5. The van der Waals surface area contributed by atoms with E-state index in [1.54, 1.807) is 53.7 Å². The highest BCUT2D eigenvalue weighted by Gasteiger charge is 2.35. The van der Waals surface area contributed by atoms with E-state index in [1.165, 1.54) is 5.56 Å². The number of aromatic nitrogens is 2. The predicted octanol–water partition coefficient (Wildman–Crippen LogP) is 7.97. The molecular formula is C41H42Cl3N5O4. The highest BCUT2D eigenvalue weighted by Crippen LogP contribution is 2.38. The molecule has 1 N–H and O–H groups in total. The molecule has 12 heteroatoms. The van der Waals surface area contributed by atoms with Crippen molar-refractivity contribution in [2.45, 2.75) is 44.8 Å². The number of rotatable bonds is 7. The Bertz CT molecular complexity index is 2070. The average Bonchev–Trinajstić information content (AvgIpc) is 3.56. The van der Waals surface area contributed by atoms with Crippen molar-refractivity contribution in [2.75, 3.05) is 37.7 Å². The smallest absolute Gasteiger partial charge is 0.264 e. The Kier molecular flexibility index (Phi) is 12.1. The molecule has 5 heterocycles. The first kappa shape index (κ1) is 38.3. The second kappa shape index (κ2) is 16.7. The van der Waals surface area contributed by atoms with Crippen molar-refractivity contribution in [3.63, 3.8) is 0 Å². The molecule has 1 atom stereocenters. The van der Waals surface area contributed by atoms with Crippen molar-refractivity contribution in [2.24, 2.45) is 0 Å². The summed E-state index contributed by atoms with van der Waals surface area (Å²) < 4.78 is 7.82. The van der Waals surface area contributed by atoms with E-state index >= 15 is 0 Å². The Balaban J connectivity index is 0.00000240. The van der Waals surface area contributed by atoms with Gasteiger partial charge in [-0.1, -0.05) is 35.9 Å². The minimum absolute atomic E-state index is 0. The first-order valence-electron chi connectivity index (χ1n) is 17.7. The van der Waals surface area contributed by atoms with Crippen LogP contribution in [0.1, 0.15) is 50.4 Å². The van der Waals surface area contributed by atoms with E-state index in [1.807, 2.05) is 35.2 Å². The number of anilines is 2. The Morgan fingerprint density at radius 2 is 1.64 bits per heavy atom. The Hall–Kier alpha value is -4.38. The summed E-state index contributed by atoms with van der Waals surface area (Å²) in [6.07, 6.45) is 6.75. The molecule has 0 radical (unpaired) electrons. The number of ether oxygens (including phenoxy) is 1. The monoisotopic (exact) mass is 773 g/mol. The fourth-order valence-electron chi connectivity index (χ4n) is 7.82. The van der Waals surface area contributed by atoms with Crippen LogP contribution in [0.3, 0.4) is 0 Å². The highest BCUT2D eigenvalue weighted by molar-refractivity contribution is 6.31. The molecule has 2 amide bonds. The molecule has 9 nitrogen and oxygen atoms in total. The van der Waals surface area contributed by atoms with Crippen LogP contribution in [0.15, 0.2) is 97.3 Å². The lowest BCUT2D eigenvalue weighted by atomic mass is 9.92. The van der Waals surface area contributed by atoms with Crippen molar-refractivity contribution in [1.82, 2.24) is 19.4 Å². The molecule has 3 aliphatic heterocycles.